The van der Waals surface area contributed by atoms with Crippen molar-refractivity contribution in [2.45, 2.75) is 26.6 Å². The molecule has 0 aliphatic heterocycles. The molecule has 0 aromatic heterocycles. The van der Waals surface area contributed by atoms with Crippen LogP contribution in [0.1, 0.15) is 20.3 Å². The molecule has 0 aliphatic carbocycles. The van der Waals surface area contributed by atoms with E-state index in [4.69, 9.17) is 5.11 Å². The molecule has 0 amide bonds. The predicted octanol–water partition coefficient (Wildman–Crippen LogP) is 0.891. The van der Waals surface area contributed by atoms with Gasteiger partial charge in [0.2, 0.25) is 6.29 Å². The summed E-state index contributed by atoms with van der Waals surface area (Å²) in [4.78, 5) is 21.7. The topological polar surface area (TPSA) is 72.8 Å². The Labute approximate surface area is 88.0 Å². The number of carbonyl (C=O) groups is 2. The summed E-state index contributed by atoms with van der Waals surface area (Å²) in [7, 11) is 0. The van der Waals surface area contributed by atoms with E-state index in [0.29, 0.717) is 6.42 Å². The number of carbonyl (C=O) groups excluding carboxylic acids is 2. The first kappa shape index (κ1) is 13.4. The Morgan fingerprint density at radius 2 is 2.13 bits per heavy atom. The Hall–Kier alpha value is -1.62. The van der Waals surface area contributed by atoms with Gasteiger partial charge in [-0.05, 0) is 6.92 Å². The minimum atomic E-state index is -1.14. The van der Waals surface area contributed by atoms with Crippen molar-refractivity contribution in [1.82, 2.24) is 0 Å². The van der Waals surface area contributed by atoms with Crippen molar-refractivity contribution in [3.8, 4) is 0 Å². The molecule has 0 radical (unpaired) electrons. The Morgan fingerprint density at radius 3 is 2.60 bits per heavy atom. The zero-order valence-electron chi connectivity index (χ0n) is 8.73. The molecular formula is C10H14O5. The van der Waals surface area contributed by atoms with Gasteiger partial charge in [0.15, 0.2) is 0 Å². The Balaban J connectivity index is 3.92. The van der Waals surface area contributed by atoms with Crippen LogP contribution in [0.4, 0.5) is 0 Å². The van der Waals surface area contributed by atoms with Gasteiger partial charge in [-0.25, -0.2) is 9.59 Å². The third-order valence-electron chi connectivity index (χ3n) is 1.33. The molecule has 0 spiro atoms. The molecule has 0 saturated heterocycles. The average Bonchev–Trinajstić information content (AvgIpc) is 2.17. The van der Waals surface area contributed by atoms with Crippen LogP contribution in [-0.2, 0) is 19.1 Å². The molecule has 5 heteroatoms. The van der Waals surface area contributed by atoms with Crippen molar-refractivity contribution in [3.05, 3.63) is 24.5 Å². The lowest BCUT2D eigenvalue weighted by Crippen LogP contribution is -2.14. The smallest absolute Gasteiger partial charge is 0.337 e. The maximum Gasteiger partial charge on any atom is 0.337 e. The van der Waals surface area contributed by atoms with Gasteiger partial charge in [-0.15, -0.1) is 0 Å². The summed E-state index contributed by atoms with van der Waals surface area (Å²) < 4.78 is 8.95. The van der Waals surface area contributed by atoms with Crippen molar-refractivity contribution in [3.63, 3.8) is 0 Å². The first-order valence-electron chi connectivity index (χ1n) is 4.39. The number of rotatable bonds is 5. The van der Waals surface area contributed by atoms with Crippen LogP contribution < -0.4 is 0 Å². The van der Waals surface area contributed by atoms with E-state index >= 15 is 0 Å². The third-order valence-corrected chi connectivity index (χ3v) is 1.33. The highest BCUT2D eigenvalue weighted by Crippen LogP contribution is 1.96. The van der Waals surface area contributed by atoms with Crippen molar-refractivity contribution in [2.75, 3.05) is 0 Å². The van der Waals surface area contributed by atoms with Crippen LogP contribution in [0.3, 0.4) is 0 Å². The van der Waals surface area contributed by atoms with Crippen LogP contribution in [0.25, 0.3) is 0 Å². The van der Waals surface area contributed by atoms with E-state index in [1.165, 1.54) is 6.92 Å². The van der Waals surface area contributed by atoms with Crippen LogP contribution in [-0.4, -0.2) is 23.3 Å². The molecular weight excluding hydrogens is 200 g/mol. The normalized spacial score (nSPS) is 12.2. The van der Waals surface area contributed by atoms with E-state index in [0.717, 1.165) is 12.3 Å². The fourth-order valence-electron chi connectivity index (χ4n) is 0.509. The molecule has 0 saturated carbocycles. The summed E-state index contributed by atoms with van der Waals surface area (Å²) >= 11 is 0. The van der Waals surface area contributed by atoms with Gasteiger partial charge in [-0.3, -0.25) is 0 Å². The summed E-state index contributed by atoms with van der Waals surface area (Å²) in [5.74, 6) is -1.41. The van der Waals surface area contributed by atoms with E-state index in [2.05, 4.69) is 16.1 Å². The molecule has 0 rings (SSSR count). The minimum Gasteiger partial charge on any atom is -0.433 e. The minimum absolute atomic E-state index is 0.224. The molecule has 0 aromatic carbocycles. The van der Waals surface area contributed by atoms with Crippen molar-refractivity contribution < 1.29 is 24.2 Å². The fraction of sp³-hybridized carbons (Fsp3) is 0.400. The van der Waals surface area contributed by atoms with Gasteiger partial charge < -0.3 is 14.6 Å². The fourth-order valence-corrected chi connectivity index (χ4v) is 0.509. The van der Waals surface area contributed by atoms with Gasteiger partial charge in [0.05, 0.1) is 6.08 Å². The molecule has 84 valence electrons. The number of ether oxygens (including phenoxy) is 2. The van der Waals surface area contributed by atoms with E-state index in [1.807, 2.05) is 0 Å². The standard InChI is InChI=1S/C10H14O5/c1-4-8(11)15-9(12)5-6-14-10(13)7(2)3/h5-6,8,11H,2,4H2,1,3H3. The van der Waals surface area contributed by atoms with Gasteiger partial charge in [0.1, 0.15) is 6.26 Å². The second kappa shape index (κ2) is 6.78. The number of hydrogen-bond acceptors (Lipinski definition) is 5. The first-order chi connectivity index (χ1) is 6.97. The lowest BCUT2D eigenvalue weighted by molar-refractivity contribution is -0.161. The Kier molecular flexibility index (Phi) is 6.05. The second-order valence-corrected chi connectivity index (χ2v) is 2.79. The quantitative estimate of drug-likeness (QED) is 0.318. The number of esters is 2. The molecule has 1 unspecified atom stereocenters. The zero-order chi connectivity index (χ0) is 11.8. The molecule has 0 bridgehead atoms. The second-order valence-electron chi connectivity index (χ2n) is 2.79. The number of aliphatic hydroxyl groups is 1. The van der Waals surface area contributed by atoms with Gasteiger partial charge >= 0.3 is 11.9 Å². The molecule has 0 heterocycles. The maximum atomic E-state index is 10.9. The van der Waals surface area contributed by atoms with Gasteiger partial charge in [0.25, 0.3) is 0 Å². The molecule has 5 nitrogen and oxygen atoms in total. The summed E-state index contributed by atoms with van der Waals surface area (Å²) in [6, 6.07) is 0. The van der Waals surface area contributed by atoms with Gasteiger partial charge in [0, 0.05) is 12.0 Å². The number of hydrogen-bond donors (Lipinski definition) is 1. The van der Waals surface area contributed by atoms with Crippen LogP contribution in [0.15, 0.2) is 24.5 Å². The van der Waals surface area contributed by atoms with Crippen LogP contribution in [0, 0.1) is 0 Å². The highest BCUT2D eigenvalue weighted by atomic mass is 16.6. The SMILES string of the molecule is C=C(C)C(=O)OC=CC(=O)OC(O)CC. The molecule has 0 aliphatic rings. The van der Waals surface area contributed by atoms with Gasteiger partial charge in [-0.1, -0.05) is 13.5 Å². The van der Waals surface area contributed by atoms with Crippen molar-refractivity contribution in [1.29, 1.82) is 0 Å². The van der Waals surface area contributed by atoms with Gasteiger partial charge in [-0.2, -0.15) is 0 Å². The highest BCUT2D eigenvalue weighted by Gasteiger charge is 2.05. The summed E-state index contributed by atoms with van der Waals surface area (Å²) in [5.41, 5.74) is 0.224. The largest absolute Gasteiger partial charge is 0.433 e. The summed E-state index contributed by atoms with van der Waals surface area (Å²) in [6.07, 6.45) is 0.950. The van der Waals surface area contributed by atoms with Crippen molar-refractivity contribution >= 4 is 11.9 Å². The molecule has 0 aromatic rings. The van der Waals surface area contributed by atoms with E-state index in [9.17, 15) is 9.59 Å². The summed E-state index contributed by atoms with van der Waals surface area (Å²) in [5, 5.41) is 8.93. The monoisotopic (exact) mass is 214 g/mol. The Bertz CT molecular complexity index is 280. The lowest BCUT2D eigenvalue weighted by Gasteiger charge is -2.06. The molecule has 1 N–H and O–H groups in total. The summed E-state index contributed by atoms with van der Waals surface area (Å²) in [6.45, 7) is 6.49. The highest BCUT2D eigenvalue weighted by molar-refractivity contribution is 5.88. The third kappa shape index (κ3) is 6.45. The number of aliphatic hydroxyl groups excluding tert-OH is 1. The van der Waals surface area contributed by atoms with Crippen molar-refractivity contribution in [2.24, 2.45) is 0 Å². The first-order valence-corrected chi connectivity index (χ1v) is 4.39. The predicted molar refractivity (Wildman–Crippen MR) is 52.4 cm³/mol. The average molecular weight is 214 g/mol. The van der Waals surface area contributed by atoms with Crippen LogP contribution >= 0.6 is 0 Å². The van der Waals surface area contributed by atoms with E-state index < -0.39 is 18.2 Å². The van der Waals surface area contributed by atoms with E-state index in [1.54, 1.807) is 6.92 Å². The maximum absolute atomic E-state index is 10.9. The van der Waals surface area contributed by atoms with Crippen LogP contribution in [0.5, 0.6) is 0 Å². The lowest BCUT2D eigenvalue weighted by atomic mass is 10.4. The molecule has 15 heavy (non-hydrogen) atoms. The zero-order valence-corrected chi connectivity index (χ0v) is 8.73. The molecule has 0 fully saturated rings. The van der Waals surface area contributed by atoms with E-state index in [-0.39, 0.29) is 5.57 Å². The molecule has 1 atom stereocenters. The van der Waals surface area contributed by atoms with Crippen LogP contribution in [0.2, 0.25) is 0 Å². The Morgan fingerprint density at radius 1 is 1.53 bits per heavy atom.